The number of aromatic nitrogens is 1. The van der Waals surface area contributed by atoms with Gasteiger partial charge in [0.2, 0.25) is 0 Å². The maximum absolute atomic E-state index is 9.07. The van der Waals surface area contributed by atoms with Gasteiger partial charge in [-0.3, -0.25) is 0 Å². The van der Waals surface area contributed by atoms with Gasteiger partial charge in [-0.15, -0.1) is 0 Å². The molecule has 2 rings (SSSR count). The molecule has 0 saturated carbocycles. The molecule has 6 heteroatoms. The Morgan fingerprint density at radius 2 is 2.24 bits per heavy atom. The largest absolute Gasteiger partial charge is 0.409 e. The topological polar surface area (TPSA) is 78.0 Å². The molecule has 116 valence electrons. The standard InChI is InChI=1S/C15H25N5O/c1-10-8-11(2)17-15(13(10)14(16)18-21)20-7-5-6-12(20)9-19(3)4/h8,12,21H,5-7,9H2,1-4H3,(H2,16,18). The Kier molecular flexibility index (Phi) is 4.67. The van der Waals surface area contributed by atoms with Crippen LogP contribution in [0.4, 0.5) is 5.82 Å². The molecule has 1 aromatic heterocycles. The minimum atomic E-state index is 0.130. The molecule has 1 aliphatic heterocycles. The van der Waals surface area contributed by atoms with E-state index >= 15 is 0 Å². The van der Waals surface area contributed by atoms with E-state index in [-0.39, 0.29) is 5.84 Å². The highest BCUT2D eigenvalue weighted by Crippen LogP contribution is 2.29. The number of anilines is 1. The lowest BCUT2D eigenvalue weighted by Gasteiger charge is -2.30. The monoisotopic (exact) mass is 291 g/mol. The van der Waals surface area contributed by atoms with Crippen LogP contribution in [-0.4, -0.2) is 54.2 Å². The van der Waals surface area contributed by atoms with Crippen LogP contribution in [0, 0.1) is 13.8 Å². The number of likely N-dealkylation sites (N-methyl/N-ethyl adjacent to an activating group) is 1. The Labute approximate surface area is 126 Å². The van der Waals surface area contributed by atoms with Gasteiger partial charge in [-0.25, -0.2) is 4.98 Å². The number of nitrogens with zero attached hydrogens (tertiary/aromatic N) is 4. The van der Waals surface area contributed by atoms with Crippen LogP contribution in [0.2, 0.25) is 0 Å². The molecule has 2 heterocycles. The summed E-state index contributed by atoms with van der Waals surface area (Å²) in [6.45, 7) is 5.89. The van der Waals surface area contributed by atoms with Gasteiger partial charge in [0.25, 0.3) is 0 Å². The summed E-state index contributed by atoms with van der Waals surface area (Å²) in [5.74, 6) is 0.970. The van der Waals surface area contributed by atoms with E-state index in [2.05, 4.69) is 34.0 Å². The van der Waals surface area contributed by atoms with Crippen molar-refractivity contribution < 1.29 is 5.21 Å². The maximum Gasteiger partial charge on any atom is 0.174 e. The third-order valence-corrected chi connectivity index (χ3v) is 3.91. The molecule has 1 atom stereocenters. The third-order valence-electron chi connectivity index (χ3n) is 3.91. The normalized spacial score (nSPS) is 19.6. The minimum absolute atomic E-state index is 0.130. The second kappa shape index (κ2) is 6.30. The first-order chi connectivity index (χ1) is 9.93. The highest BCUT2D eigenvalue weighted by Gasteiger charge is 2.29. The summed E-state index contributed by atoms with van der Waals surface area (Å²) >= 11 is 0. The van der Waals surface area contributed by atoms with Crippen LogP contribution in [-0.2, 0) is 0 Å². The lowest BCUT2D eigenvalue weighted by Crippen LogP contribution is -2.39. The van der Waals surface area contributed by atoms with Gasteiger partial charge in [0.1, 0.15) is 5.82 Å². The third kappa shape index (κ3) is 3.26. The van der Waals surface area contributed by atoms with Crippen molar-refractivity contribution in [1.82, 2.24) is 9.88 Å². The lowest BCUT2D eigenvalue weighted by molar-refractivity contribution is 0.318. The van der Waals surface area contributed by atoms with Gasteiger partial charge in [-0.05, 0) is 52.4 Å². The summed E-state index contributed by atoms with van der Waals surface area (Å²) in [7, 11) is 4.16. The van der Waals surface area contributed by atoms with E-state index in [1.54, 1.807) is 0 Å². The van der Waals surface area contributed by atoms with Crippen molar-refractivity contribution in [2.45, 2.75) is 32.7 Å². The molecule has 1 fully saturated rings. The number of hydrogen-bond donors (Lipinski definition) is 2. The SMILES string of the molecule is Cc1cc(C)c(C(N)=NO)c(N2CCCC2CN(C)C)n1. The maximum atomic E-state index is 9.07. The van der Waals surface area contributed by atoms with Crippen molar-refractivity contribution in [3.8, 4) is 0 Å². The number of nitrogens with two attached hydrogens (primary N) is 1. The van der Waals surface area contributed by atoms with E-state index in [0.29, 0.717) is 6.04 Å². The van der Waals surface area contributed by atoms with E-state index in [9.17, 15) is 0 Å². The van der Waals surface area contributed by atoms with Gasteiger partial charge in [0.05, 0.1) is 5.56 Å². The predicted octanol–water partition coefficient (Wildman–Crippen LogP) is 1.32. The summed E-state index contributed by atoms with van der Waals surface area (Å²) in [4.78, 5) is 9.17. The molecule has 6 nitrogen and oxygen atoms in total. The van der Waals surface area contributed by atoms with E-state index in [4.69, 9.17) is 10.9 Å². The molecule has 0 spiro atoms. The minimum Gasteiger partial charge on any atom is -0.409 e. The van der Waals surface area contributed by atoms with Crippen LogP contribution in [0.5, 0.6) is 0 Å². The lowest BCUT2D eigenvalue weighted by atomic mass is 10.1. The highest BCUT2D eigenvalue weighted by atomic mass is 16.4. The molecular weight excluding hydrogens is 266 g/mol. The molecule has 0 amide bonds. The van der Waals surface area contributed by atoms with E-state index in [0.717, 1.165) is 48.6 Å². The Morgan fingerprint density at radius 3 is 2.86 bits per heavy atom. The van der Waals surface area contributed by atoms with Crippen molar-refractivity contribution >= 4 is 11.7 Å². The zero-order valence-electron chi connectivity index (χ0n) is 13.3. The predicted molar refractivity (Wildman–Crippen MR) is 85.1 cm³/mol. The molecule has 0 aliphatic carbocycles. The Hall–Kier alpha value is -1.82. The Bertz CT molecular complexity index is 541. The number of hydrogen-bond acceptors (Lipinski definition) is 5. The molecule has 3 N–H and O–H groups in total. The first-order valence-electron chi connectivity index (χ1n) is 7.31. The number of aryl methyl sites for hydroxylation is 2. The molecule has 1 aliphatic rings. The average Bonchev–Trinajstić information content (AvgIpc) is 2.84. The molecular formula is C15H25N5O. The van der Waals surface area contributed by atoms with Gasteiger partial charge >= 0.3 is 0 Å². The fourth-order valence-electron chi connectivity index (χ4n) is 3.12. The Balaban J connectivity index is 2.46. The van der Waals surface area contributed by atoms with E-state index < -0.39 is 0 Å². The summed E-state index contributed by atoms with van der Waals surface area (Å²) in [6.07, 6.45) is 2.28. The fraction of sp³-hybridized carbons (Fsp3) is 0.600. The Morgan fingerprint density at radius 1 is 1.52 bits per heavy atom. The molecule has 0 aromatic carbocycles. The van der Waals surface area contributed by atoms with Gasteiger partial charge in [0.15, 0.2) is 5.84 Å². The van der Waals surface area contributed by atoms with Crippen LogP contribution >= 0.6 is 0 Å². The zero-order valence-corrected chi connectivity index (χ0v) is 13.3. The van der Waals surface area contributed by atoms with Crippen LogP contribution in [0.25, 0.3) is 0 Å². The summed E-state index contributed by atoms with van der Waals surface area (Å²) in [6, 6.07) is 2.38. The number of pyridine rings is 1. The summed E-state index contributed by atoms with van der Waals surface area (Å²) in [5.41, 5.74) is 8.57. The molecule has 1 aromatic rings. The first kappa shape index (κ1) is 15.6. The number of oxime groups is 1. The van der Waals surface area contributed by atoms with Gasteiger partial charge in [0, 0.05) is 24.8 Å². The molecule has 0 bridgehead atoms. The quantitative estimate of drug-likeness (QED) is 0.379. The van der Waals surface area contributed by atoms with Gasteiger partial charge < -0.3 is 20.7 Å². The second-order valence-corrected chi connectivity index (χ2v) is 6.02. The van der Waals surface area contributed by atoms with Crippen molar-refractivity contribution in [3.63, 3.8) is 0 Å². The van der Waals surface area contributed by atoms with E-state index in [1.165, 1.54) is 0 Å². The summed E-state index contributed by atoms with van der Waals surface area (Å²) < 4.78 is 0. The molecule has 1 saturated heterocycles. The van der Waals surface area contributed by atoms with Gasteiger partial charge in [-0.1, -0.05) is 5.16 Å². The van der Waals surface area contributed by atoms with Crippen molar-refractivity contribution in [2.75, 3.05) is 32.1 Å². The van der Waals surface area contributed by atoms with E-state index in [1.807, 2.05) is 19.9 Å². The summed E-state index contributed by atoms with van der Waals surface area (Å²) in [5, 5.41) is 12.3. The average molecular weight is 291 g/mol. The molecule has 1 unspecified atom stereocenters. The van der Waals surface area contributed by atoms with Crippen LogP contribution in [0.15, 0.2) is 11.2 Å². The second-order valence-electron chi connectivity index (χ2n) is 6.02. The fourth-order valence-corrected chi connectivity index (χ4v) is 3.12. The highest BCUT2D eigenvalue weighted by molar-refractivity contribution is 6.02. The molecule has 21 heavy (non-hydrogen) atoms. The van der Waals surface area contributed by atoms with Crippen LogP contribution in [0.1, 0.15) is 29.7 Å². The van der Waals surface area contributed by atoms with Crippen LogP contribution in [0.3, 0.4) is 0 Å². The number of rotatable bonds is 4. The zero-order chi connectivity index (χ0) is 15.6. The van der Waals surface area contributed by atoms with Crippen molar-refractivity contribution in [2.24, 2.45) is 10.9 Å². The van der Waals surface area contributed by atoms with Gasteiger partial charge in [-0.2, -0.15) is 0 Å². The smallest absolute Gasteiger partial charge is 0.174 e. The van der Waals surface area contributed by atoms with Crippen molar-refractivity contribution in [3.05, 3.63) is 22.9 Å². The van der Waals surface area contributed by atoms with Crippen LogP contribution < -0.4 is 10.6 Å². The molecule has 0 radical (unpaired) electrons. The first-order valence-corrected chi connectivity index (χ1v) is 7.31. The number of amidine groups is 1. The van der Waals surface area contributed by atoms with Crippen molar-refractivity contribution in [1.29, 1.82) is 0 Å².